The van der Waals surface area contributed by atoms with Crippen molar-refractivity contribution in [3.63, 3.8) is 0 Å². The van der Waals surface area contributed by atoms with Gasteiger partial charge in [0.25, 0.3) is 11.3 Å². The summed E-state index contributed by atoms with van der Waals surface area (Å²) in [4.78, 5) is 232. The first-order valence-corrected chi connectivity index (χ1v) is 31.9. The van der Waals surface area contributed by atoms with E-state index >= 15 is 0 Å². The van der Waals surface area contributed by atoms with Gasteiger partial charge in [0.1, 0.15) is 39.6 Å². The van der Waals surface area contributed by atoms with Gasteiger partial charge < -0.3 is 63.1 Å². The molecule has 4 aliphatic heterocycles. The Morgan fingerprint density at radius 1 is 0.515 bits per heavy atom. The van der Waals surface area contributed by atoms with E-state index in [2.05, 4.69) is 30.4 Å². The predicted octanol–water partition coefficient (Wildman–Crippen LogP) is 2.13. The molecule has 0 bridgehead atoms. The number of rotatable bonds is 38. The maximum absolute atomic E-state index is 13.6. The van der Waals surface area contributed by atoms with E-state index in [0.29, 0.717) is 45.2 Å². The lowest BCUT2D eigenvalue weighted by molar-refractivity contribution is -0.174. The van der Waals surface area contributed by atoms with Crippen LogP contribution in [0.15, 0.2) is 36.5 Å². The Kier molecular flexibility index (Phi) is 31.5. The van der Waals surface area contributed by atoms with E-state index in [1.807, 2.05) is 0 Å². The number of Topliss-reactive ketones (excluding diaryl/α,β-unsaturated/α-hetero) is 3. The Hall–Kier alpha value is -9.32. The molecule has 4 saturated heterocycles. The third kappa shape index (κ3) is 20.1. The van der Waals surface area contributed by atoms with Gasteiger partial charge in [-0.3, -0.25) is 67.1 Å². The minimum atomic E-state index is -3.04. The van der Waals surface area contributed by atoms with Crippen molar-refractivity contribution in [3.8, 4) is 0 Å². The van der Waals surface area contributed by atoms with Crippen molar-refractivity contribution in [2.45, 2.75) is 152 Å². The first-order valence-electron chi connectivity index (χ1n) is 31.9. The normalized spacial score (nSPS) is 20.0. The summed E-state index contributed by atoms with van der Waals surface area (Å²) in [6.45, 7) is 23.0. The lowest BCUT2D eigenvalue weighted by Crippen LogP contribution is -2.57. The average molecular weight is 1370 g/mol. The molecule has 4 rings (SSSR count). The molecule has 2 N–H and O–H groups in total. The van der Waals surface area contributed by atoms with Crippen molar-refractivity contribution in [2.75, 3.05) is 72.4 Å². The molecule has 0 aromatic heterocycles. The zero-order valence-corrected chi connectivity index (χ0v) is 56.9. The van der Waals surface area contributed by atoms with Gasteiger partial charge in [0.05, 0.1) is 54.2 Å². The summed E-state index contributed by atoms with van der Waals surface area (Å²) >= 11 is 0. The molecule has 0 radical (unpaired) electrons. The molecule has 10 atom stereocenters. The Morgan fingerprint density at radius 2 is 0.897 bits per heavy atom. The second kappa shape index (κ2) is 37.3. The number of amides is 4. The molecule has 4 aliphatic rings. The largest absolute Gasteiger partial charge is 0.462 e. The predicted molar refractivity (Wildman–Crippen MR) is 332 cm³/mol. The fourth-order valence-corrected chi connectivity index (χ4v) is 11.6. The standard InChI is InChI=1S/C37H50N2O15.C29H40N2O12/c1-9-24(39-16-11-14-26(39)42)27-28(32(46)54-31(27)45)36(8,10-2)34(48)52-19-20-53-35(49)37(23(7)40,25(41)13-12-17-50-29(43)21(3)4)33(47)38-15-18-51-30(44)22(5)6;1-7-18(31-12-9-10-19(31)33)21-22(27(38)43-26(21)37)29(6,8-2)28(39)42-15-14-41-25(36)20(17(5)32)23(34)30-11-13-40-24(35)16(3)4/h24,27-28H,3,5,9-20H2,1-2,4,6-8H3,(H,38,47);18,20-22H,3,7-15H2,1-2,4-6H3,(H,30,34). The molecule has 0 aliphatic carbocycles. The van der Waals surface area contributed by atoms with E-state index in [0.717, 1.165) is 13.8 Å². The first-order chi connectivity index (χ1) is 45.5. The maximum atomic E-state index is 13.6. The summed E-state index contributed by atoms with van der Waals surface area (Å²) in [5, 5.41) is 4.54. The molecule has 4 heterocycles. The fourth-order valence-electron chi connectivity index (χ4n) is 11.6. The van der Waals surface area contributed by atoms with Gasteiger partial charge in [-0.1, -0.05) is 47.4 Å². The van der Waals surface area contributed by atoms with Crippen molar-refractivity contribution >= 4 is 107 Å². The van der Waals surface area contributed by atoms with Gasteiger partial charge in [0.2, 0.25) is 17.7 Å². The van der Waals surface area contributed by atoms with Crippen LogP contribution in [-0.4, -0.2) is 201 Å². The molecule has 31 nitrogen and oxygen atoms in total. The summed E-state index contributed by atoms with van der Waals surface area (Å²) < 4.78 is 45.5. The van der Waals surface area contributed by atoms with E-state index in [1.54, 1.807) is 32.6 Å². The van der Waals surface area contributed by atoms with E-state index in [9.17, 15) is 86.3 Å². The van der Waals surface area contributed by atoms with E-state index in [4.69, 9.17) is 42.6 Å². The average Bonchev–Trinajstić information content (AvgIpc) is 1.67. The molecule has 536 valence electrons. The number of nitrogens with one attached hydrogen (secondary N) is 2. The topological polar surface area (TPSA) is 421 Å². The molecule has 4 amide bonds. The number of ether oxygens (including phenoxy) is 9. The molecule has 31 heteroatoms. The minimum absolute atomic E-state index is 0.00499. The Labute approximate surface area is 561 Å². The molecule has 0 saturated carbocycles. The quantitative estimate of drug-likeness (QED) is 0.0294. The van der Waals surface area contributed by atoms with E-state index < -0.39 is 199 Å². The summed E-state index contributed by atoms with van der Waals surface area (Å²) in [5.74, 6) is -22.6. The number of ketones is 3. The van der Waals surface area contributed by atoms with Crippen LogP contribution in [0.5, 0.6) is 0 Å². The van der Waals surface area contributed by atoms with Crippen LogP contribution in [0.25, 0.3) is 0 Å². The van der Waals surface area contributed by atoms with Crippen LogP contribution < -0.4 is 10.6 Å². The highest BCUT2D eigenvalue weighted by molar-refractivity contribution is 6.36. The molecule has 0 aromatic rings. The van der Waals surface area contributed by atoms with Gasteiger partial charge in [0, 0.05) is 61.2 Å². The van der Waals surface area contributed by atoms with Crippen LogP contribution in [0, 0.1) is 45.8 Å². The van der Waals surface area contributed by atoms with Crippen molar-refractivity contribution < 1.29 is 129 Å². The van der Waals surface area contributed by atoms with Crippen molar-refractivity contribution in [3.05, 3.63) is 36.5 Å². The van der Waals surface area contributed by atoms with Crippen molar-refractivity contribution in [1.82, 2.24) is 20.4 Å². The number of carbonyl (C=O) groups excluding carboxylic acids is 18. The number of esters is 11. The SMILES string of the molecule is C=C(C)C(=O)OCCCC(=O)C(C(C)=O)(C(=O)NCCOC(=O)C(=C)C)C(=O)OCCOC(=O)C(C)(CC)C1C(=O)OC(=O)C1C(CC)N1CCCC1=O.C=C(C)C(=O)OCCNC(=O)C(C(C)=O)C(=O)OCCOC(=O)C(C)(CC)C1C(=O)OC(=O)C1C(CC)N1CCCC1=O. The van der Waals surface area contributed by atoms with Crippen LogP contribution in [-0.2, 0) is 129 Å². The van der Waals surface area contributed by atoms with E-state index in [1.165, 1.54) is 39.5 Å². The lowest BCUT2D eigenvalue weighted by atomic mass is 9.67. The van der Waals surface area contributed by atoms with Gasteiger partial charge in [0.15, 0.2) is 23.3 Å². The van der Waals surface area contributed by atoms with Crippen molar-refractivity contribution in [1.29, 1.82) is 0 Å². The monoisotopic (exact) mass is 1370 g/mol. The third-order valence-corrected chi connectivity index (χ3v) is 17.3. The molecular formula is C66H90N4O27. The number of likely N-dealkylation sites (tertiary alicyclic amines) is 2. The molecule has 0 aromatic carbocycles. The smallest absolute Gasteiger partial charge is 0.337 e. The van der Waals surface area contributed by atoms with Crippen LogP contribution >= 0.6 is 0 Å². The second-order valence-electron chi connectivity index (χ2n) is 24.1. The summed E-state index contributed by atoms with van der Waals surface area (Å²) in [6.07, 6.45) is 1.82. The Bertz CT molecular complexity index is 3090. The highest BCUT2D eigenvalue weighted by atomic mass is 16.6. The first kappa shape index (κ1) is 81.9. The number of hydrogen-bond donors (Lipinski definition) is 2. The zero-order valence-electron chi connectivity index (χ0n) is 56.9. The van der Waals surface area contributed by atoms with E-state index in [-0.39, 0.29) is 74.0 Å². The highest BCUT2D eigenvalue weighted by Gasteiger charge is 2.63. The molecule has 4 fully saturated rings. The minimum Gasteiger partial charge on any atom is -0.462 e. The van der Waals surface area contributed by atoms with Crippen LogP contribution in [0.4, 0.5) is 0 Å². The number of nitrogens with zero attached hydrogens (tertiary/aromatic N) is 2. The van der Waals surface area contributed by atoms with Crippen LogP contribution in [0.1, 0.15) is 140 Å². The molecule has 97 heavy (non-hydrogen) atoms. The number of hydrogen-bond acceptors (Lipinski definition) is 27. The fraction of sp³-hybridized carbons (Fsp3) is 0.636. The van der Waals surface area contributed by atoms with Crippen LogP contribution in [0.2, 0.25) is 0 Å². The van der Waals surface area contributed by atoms with Gasteiger partial charge >= 0.3 is 65.7 Å². The molecular weight excluding hydrogens is 1280 g/mol. The third-order valence-electron chi connectivity index (χ3n) is 17.3. The number of carbonyl (C=O) groups is 18. The van der Waals surface area contributed by atoms with Gasteiger partial charge in [-0.2, -0.15) is 0 Å². The maximum Gasteiger partial charge on any atom is 0.337 e. The van der Waals surface area contributed by atoms with Crippen molar-refractivity contribution in [2.24, 2.45) is 45.8 Å². The molecule has 0 spiro atoms. The van der Waals surface area contributed by atoms with Gasteiger partial charge in [-0.05, 0) is 93.4 Å². The summed E-state index contributed by atoms with van der Waals surface area (Å²) in [7, 11) is 0. The van der Waals surface area contributed by atoms with Gasteiger partial charge in [-0.25, -0.2) is 19.2 Å². The Balaban J connectivity index is 0.000000518. The molecule has 10 unspecified atom stereocenters. The summed E-state index contributed by atoms with van der Waals surface area (Å²) in [5.41, 5.74) is -5.85. The lowest BCUT2D eigenvalue weighted by Gasteiger charge is -2.37. The second-order valence-corrected chi connectivity index (χ2v) is 24.1. The van der Waals surface area contributed by atoms with Gasteiger partial charge in [-0.15, -0.1) is 0 Å². The summed E-state index contributed by atoms with van der Waals surface area (Å²) in [6, 6.07) is -1.34. The highest BCUT2D eigenvalue weighted by Crippen LogP contribution is 2.47. The zero-order chi connectivity index (χ0) is 73.4. The number of cyclic esters (lactones) is 4. The van der Waals surface area contributed by atoms with Crippen LogP contribution in [0.3, 0.4) is 0 Å². The Morgan fingerprint density at radius 3 is 1.25 bits per heavy atom.